The van der Waals surface area contributed by atoms with E-state index in [9.17, 15) is 9.18 Å². The van der Waals surface area contributed by atoms with Gasteiger partial charge in [0.1, 0.15) is 29.5 Å². The normalized spacial score (nSPS) is 17.0. The summed E-state index contributed by atoms with van der Waals surface area (Å²) >= 11 is 0. The maximum atomic E-state index is 14.7. The fourth-order valence-corrected chi connectivity index (χ4v) is 5.88. The van der Waals surface area contributed by atoms with Crippen molar-refractivity contribution in [2.75, 3.05) is 57.8 Å². The zero-order valence-corrected chi connectivity index (χ0v) is 25.7. The Bertz CT molecular complexity index is 1520. The molecular weight excluding hydrogens is 575 g/mol. The number of carbonyl (C=O) groups excluding carboxylic acids is 1. The zero-order valence-electron chi connectivity index (χ0n) is 25.7. The molecule has 2 atom stereocenters. The Kier molecular flexibility index (Phi) is 11.6. The number of amides is 1. The zero-order chi connectivity index (χ0) is 31.4. The van der Waals surface area contributed by atoms with E-state index in [1.165, 1.54) is 6.07 Å². The average molecular weight is 619 g/mol. The lowest BCUT2D eigenvalue weighted by atomic mass is 9.98. The van der Waals surface area contributed by atoms with Crippen LogP contribution in [0.2, 0.25) is 0 Å². The number of fused-ring (bicyclic) bond motifs is 1. The molecule has 5 N–H and O–H groups in total. The number of ether oxygens (including phenoxy) is 2. The number of imidazole rings is 1. The van der Waals surface area contributed by atoms with Gasteiger partial charge in [-0.05, 0) is 67.3 Å². The number of nitrogens with zero attached hydrogens (tertiary/aromatic N) is 2. The molecule has 10 nitrogen and oxygen atoms in total. The molecule has 0 spiro atoms. The topological polar surface area (TPSA) is 124 Å². The van der Waals surface area contributed by atoms with Crippen molar-refractivity contribution in [2.45, 2.75) is 37.9 Å². The van der Waals surface area contributed by atoms with E-state index < -0.39 is 0 Å². The Morgan fingerprint density at radius 2 is 1.93 bits per heavy atom. The lowest BCUT2D eigenvalue weighted by Crippen LogP contribution is -2.43. The third kappa shape index (κ3) is 8.72. The summed E-state index contributed by atoms with van der Waals surface area (Å²) in [6.45, 7) is 5.65. The molecule has 2 fully saturated rings. The second-order valence-electron chi connectivity index (χ2n) is 11.2. The van der Waals surface area contributed by atoms with Crippen LogP contribution in [0.15, 0.2) is 60.9 Å². The number of hydrogen-bond donors (Lipinski definition) is 5. The number of halogens is 1. The standard InChI is InChI=1S/C33H39FN6O3.CH4O/c34-25-17-26(40-13-11-35-12-14-40)19-29(18-25)42-27(7-10-37-22-41)4-1-23-2-6-33(43-28-8-9-36-20-28)30(15-23)24-3-5-31-32(16-24)39-21-38-31;1-2/h2-3,5-6,15-19,21-22,27-28,35-36H,1,4,7-14,20H2,(H,37,41)(H,38,39);2H,1H3/t27?,28-;/m0./s1. The fraction of sp³-hybridized carbons (Fsp3) is 0.412. The molecule has 0 bridgehead atoms. The fourth-order valence-electron chi connectivity index (χ4n) is 5.88. The molecule has 240 valence electrons. The van der Waals surface area contributed by atoms with Gasteiger partial charge in [-0.25, -0.2) is 9.37 Å². The van der Waals surface area contributed by atoms with Crippen molar-refractivity contribution in [1.29, 1.82) is 0 Å². The van der Waals surface area contributed by atoms with Crippen LogP contribution in [0.1, 0.15) is 24.8 Å². The highest BCUT2D eigenvalue weighted by Gasteiger charge is 2.20. The van der Waals surface area contributed by atoms with Gasteiger partial charge in [0, 0.05) is 76.2 Å². The molecule has 6 rings (SSSR count). The van der Waals surface area contributed by atoms with Gasteiger partial charge in [-0.1, -0.05) is 12.1 Å². The van der Waals surface area contributed by atoms with Crippen molar-refractivity contribution in [3.05, 3.63) is 72.3 Å². The second-order valence-corrected chi connectivity index (χ2v) is 11.2. The number of nitrogens with one attached hydrogen (secondary N) is 4. The largest absolute Gasteiger partial charge is 0.490 e. The van der Waals surface area contributed by atoms with E-state index in [4.69, 9.17) is 14.6 Å². The number of aromatic nitrogens is 2. The van der Waals surface area contributed by atoms with Gasteiger partial charge in [0.25, 0.3) is 0 Å². The molecule has 3 aromatic carbocycles. The smallest absolute Gasteiger partial charge is 0.207 e. The van der Waals surface area contributed by atoms with Crippen LogP contribution in [-0.2, 0) is 11.2 Å². The number of rotatable bonds is 13. The number of H-pyrrole nitrogens is 1. The third-order valence-corrected chi connectivity index (χ3v) is 8.17. The Hall–Kier alpha value is -4.19. The summed E-state index contributed by atoms with van der Waals surface area (Å²) in [5, 5.41) is 16.4. The van der Waals surface area contributed by atoms with E-state index >= 15 is 0 Å². The summed E-state index contributed by atoms with van der Waals surface area (Å²) in [5.41, 5.74) is 5.96. The van der Waals surface area contributed by atoms with Gasteiger partial charge in [-0.2, -0.15) is 0 Å². The van der Waals surface area contributed by atoms with Gasteiger partial charge < -0.3 is 40.4 Å². The highest BCUT2D eigenvalue weighted by molar-refractivity contribution is 5.83. The Balaban J connectivity index is 0.00000196. The maximum Gasteiger partial charge on any atom is 0.207 e. The highest BCUT2D eigenvalue weighted by atomic mass is 19.1. The number of aliphatic hydroxyl groups excluding tert-OH is 1. The van der Waals surface area contributed by atoms with Gasteiger partial charge in [0.15, 0.2) is 0 Å². The van der Waals surface area contributed by atoms with E-state index in [2.05, 4.69) is 61.2 Å². The summed E-state index contributed by atoms with van der Waals surface area (Å²) in [5.74, 6) is 1.05. The van der Waals surface area contributed by atoms with Crippen LogP contribution < -0.4 is 30.3 Å². The van der Waals surface area contributed by atoms with Crippen molar-refractivity contribution < 1.29 is 23.8 Å². The molecule has 0 aliphatic carbocycles. The molecule has 1 amide bonds. The summed E-state index contributed by atoms with van der Waals surface area (Å²) < 4.78 is 27.5. The first kappa shape index (κ1) is 32.2. The maximum absolute atomic E-state index is 14.7. The van der Waals surface area contributed by atoms with E-state index in [-0.39, 0.29) is 18.0 Å². The quantitative estimate of drug-likeness (QED) is 0.114. The number of benzene rings is 3. The number of aliphatic hydroxyl groups is 1. The first-order valence-electron chi connectivity index (χ1n) is 15.6. The number of anilines is 1. The molecule has 0 saturated carbocycles. The first-order valence-corrected chi connectivity index (χ1v) is 15.6. The van der Waals surface area contributed by atoms with E-state index in [0.717, 1.165) is 98.4 Å². The molecule has 0 radical (unpaired) electrons. The van der Waals surface area contributed by atoms with Crippen LogP contribution in [0.4, 0.5) is 10.1 Å². The van der Waals surface area contributed by atoms with Gasteiger partial charge in [-0.3, -0.25) is 4.79 Å². The van der Waals surface area contributed by atoms with Crippen molar-refractivity contribution in [3.8, 4) is 22.6 Å². The molecule has 1 aromatic heterocycles. The van der Waals surface area contributed by atoms with Crippen LogP contribution >= 0.6 is 0 Å². The molecule has 4 aromatic rings. The van der Waals surface area contributed by atoms with Crippen molar-refractivity contribution in [1.82, 2.24) is 25.9 Å². The molecule has 2 saturated heterocycles. The molecular formula is C34H43FN6O4. The van der Waals surface area contributed by atoms with Crippen LogP contribution in [0.25, 0.3) is 22.2 Å². The van der Waals surface area contributed by atoms with Crippen molar-refractivity contribution in [3.63, 3.8) is 0 Å². The summed E-state index contributed by atoms with van der Waals surface area (Å²) in [4.78, 5) is 20.7. The Morgan fingerprint density at radius 1 is 1.07 bits per heavy atom. The van der Waals surface area contributed by atoms with Crippen LogP contribution in [0.3, 0.4) is 0 Å². The number of hydrogen-bond acceptors (Lipinski definition) is 8. The number of piperazine rings is 1. The van der Waals surface area contributed by atoms with Gasteiger partial charge in [0.2, 0.25) is 6.41 Å². The van der Waals surface area contributed by atoms with E-state index in [0.29, 0.717) is 31.5 Å². The minimum absolute atomic E-state index is 0.140. The van der Waals surface area contributed by atoms with Crippen LogP contribution in [0, 0.1) is 5.82 Å². The number of aryl methyl sites for hydroxylation is 1. The molecule has 11 heteroatoms. The highest BCUT2D eigenvalue weighted by Crippen LogP contribution is 2.34. The number of carbonyl (C=O) groups is 1. The van der Waals surface area contributed by atoms with Gasteiger partial charge >= 0.3 is 0 Å². The SMILES string of the molecule is CO.O=CNCCC(CCc1ccc(O[C@H]2CCNC2)c(-c2ccc3nc[nH]c3c2)c1)Oc1cc(F)cc(N2CCNCC2)c1. The molecule has 2 aliphatic heterocycles. The molecule has 45 heavy (non-hydrogen) atoms. The summed E-state index contributed by atoms with van der Waals surface area (Å²) in [6, 6.07) is 17.5. The summed E-state index contributed by atoms with van der Waals surface area (Å²) in [6.07, 6.45) is 5.36. The van der Waals surface area contributed by atoms with Gasteiger partial charge in [-0.15, -0.1) is 0 Å². The molecule has 1 unspecified atom stereocenters. The van der Waals surface area contributed by atoms with Gasteiger partial charge in [0.05, 0.1) is 17.4 Å². The second kappa shape index (κ2) is 16.2. The van der Waals surface area contributed by atoms with E-state index in [1.807, 2.05) is 12.1 Å². The van der Waals surface area contributed by atoms with Crippen LogP contribution in [-0.4, -0.2) is 86.6 Å². The Labute approximate surface area is 263 Å². The third-order valence-electron chi connectivity index (χ3n) is 8.17. The number of aromatic amines is 1. The summed E-state index contributed by atoms with van der Waals surface area (Å²) in [7, 11) is 1.00. The predicted octanol–water partition coefficient (Wildman–Crippen LogP) is 3.64. The average Bonchev–Trinajstić information content (AvgIpc) is 3.77. The molecule has 2 aliphatic rings. The van der Waals surface area contributed by atoms with Crippen LogP contribution in [0.5, 0.6) is 11.5 Å². The van der Waals surface area contributed by atoms with Crippen molar-refractivity contribution in [2.24, 2.45) is 0 Å². The minimum Gasteiger partial charge on any atom is -0.490 e. The first-order chi connectivity index (χ1) is 22.1. The Morgan fingerprint density at radius 3 is 2.73 bits per heavy atom. The minimum atomic E-state index is -0.317. The molecule has 3 heterocycles. The van der Waals surface area contributed by atoms with Crippen molar-refractivity contribution >= 4 is 23.1 Å². The monoisotopic (exact) mass is 618 g/mol. The lowest BCUT2D eigenvalue weighted by molar-refractivity contribution is -0.109. The predicted molar refractivity (Wildman–Crippen MR) is 174 cm³/mol. The van der Waals surface area contributed by atoms with E-state index in [1.54, 1.807) is 12.4 Å². The lowest BCUT2D eigenvalue weighted by Gasteiger charge is -2.30.